The summed E-state index contributed by atoms with van der Waals surface area (Å²) in [5.74, 6) is -0.00939. The summed E-state index contributed by atoms with van der Waals surface area (Å²) in [5, 5.41) is 0. The van der Waals surface area contributed by atoms with Gasteiger partial charge in [-0.25, -0.2) is 4.79 Å². The third-order valence-corrected chi connectivity index (χ3v) is 8.18. The first-order valence-corrected chi connectivity index (χ1v) is 14.1. The van der Waals surface area contributed by atoms with E-state index in [9.17, 15) is 9.59 Å². The zero-order valence-electron chi connectivity index (χ0n) is 23.1. The summed E-state index contributed by atoms with van der Waals surface area (Å²) >= 11 is 0. The first-order chi connectivity index (χ1) is 18.3. The smallest absolute Gasteiger partial charge is 0.410 e. The average molecular weight is 516 g/mol. The van der Waals surface area contributed by atoms with Crippen LogP contribution in [0.5, 0.6) is 0 Å². The van der Waals surface area contributed by atoms with Gasteiger partial charge in [-0.05, 0) is 95.8 Å². The number of para-hydroxylation sites is 1. The van der Waals surface area contributed by atoms with Gasteiger partial charge in [0.2, 0.25) is 5.91 Å². The van der Waals surface area contributed by atoms with Crippen molar-refractivity contribution in [1.29, 1.82) is 0 Å². The van der Waals surface area contributed by atoms with Gasteiger partial charge in [-0.2, -0.15) is 0 Å². The maximum absolute atomic E-state index is 13.9. The lowest BCUT2D eigenvalue weighted by Crippen LogP contribution is -2.50. The van der Waals surface area contributed by atoms with Gasteiger partial charge < -0.3 is 14.5 Å². The molecular formula is C32H41N3O3. The van der Waals surface area contributed by atoms with Gasteiger partial charge in [0.25, 0.3) is 0 Å². The minimum absolute atomic E-state index is 0.00939. The zero-order valence-corrected chi connectivity index (χ0v) is 23.1. The Kier molecular flexibility index (Phi) is 7.62. The lowest BCUT2D eigenvalue weighted by Gasteiger charge is -2.39. The molecular weight excluding hydrogens is 474 g/mol. The second-order valence-electron chi connectivity index (χ2n) is 11.9. The molecule has 2 amide bonds. The van der Waals surface area contributed by atoms with Crippen molar-refractivity contribution >= 4 is 23.8 Å². The van der Waals surface area contributed by atoms with E-state index in [2.05, 4.69) is 41.3 Å². The Morgan fingerprint density at radius 2 is 1.71 bits per heavy atom. The summed E-state index contributed by atoms with van der Waals surface area (Å²) in [6.07, 6.45) is 8.95. The topological polar surface area (TPSA) is 53.1 Å². The summed E-state index contributed by atoms with van der Waals surface area (Å²) in [4.78, 5) is 32.8. The number of amides is 2. The molecule has 0 bridgehead atoms. The second-order valence-corrected chi connectivity index (χ2v) is 11.9. The van der Waals surface area contributed by atoms with Crippen molar-refractivity contribution in [2.75, 3.05) is 37.6 Å². The molecule has 38 heavy (non-hydrogen) atoms. The van der Waals surface area contributed by atoms with E-state index >= 15 is 0 Å². The number of rotatable bonds is 6. The molecule has 1 atom stereocenters. The Bertz CT molecular complexity index is 1160. The molecule has 6 nitrogen and oxygen atoms in total. The molecule has 2 aliphatic heterocycles. The predicted molar refractivity (Wildman–Crippen MR) is 152 cm³/mol. The highest BCUT2D eigenvalue weighted by molar-refractivity contribution is 5.99. The third-order valence-electron chi connectivity index (χ3n) is 8.18. The molecule has 2 aromatic rings. The number of carbonyl (C=O) groups is 2. The number of hydrogen-bond donors (Lipinski definition) is 0. The van der Waals surface area contributed by atoms with Crippen LogP contribution in [-0.4, -0.2) is 66.2 Å². The van der Waals surface area contributed by atoms with E-state index in [0.29, 0.717) is 19.5 Å². The molecule has 1 aliphatic carbocycles. The van der Waals surface area contributed by atoms with Gasteiger partial charge in [-0.15, -0.1) is 0 Å². The SMILES string of the molecule is CC(C)(C)OC(=O)N1CCC[C@H]1C(=O)N(CCCN1CCC2(C=Cc3ccccc32)CC1)c1ccccc1. The number of ether oxygens (including phenoxy) is 1. The van der Waals surface area contributed by atoms with Crippen molar-refractivity contribution in [2.24, 2.45) is 0 Å². The molecule has 0 aromatic heterocycles. The van der Waals surface area contributed by atoms with E-state index in [-0.39, 0.29) is 11.3 Å². The third kappa shape index (κ3) is 5.65. The van der Waals surface area contributed by atoms with Crippen LogP contribution >= 0.6 is 0 Å². The molecule has 0 unspecified atom stereocenters. The van der Waals surface area contributed by atoms with Gasteiger partial charge in [-0.3, -0.25) is 9.69 Å². The number of nitrogens with zero attached hydrogens (tertiary/aromatic N) is 3. The van der Waals surface area contributed by atoms with Crippen LogP contribution in [0.15, 0.2) is 60.7 Å². The lowest BCUT2D eigenvalue weighted by atomic mass is 9.74. The Balaban J connectivity index is 1.20. The number of hydrogen-bond acceptors (Lipinski definition) is 4. The van der Waals surface area contributed by atoms with E-state index in [0.717, 1.165) is 51.0 Å². The minimum atomic E-state index is -0.588. The van der Waals surface area contributed by atoms with Crippen molar-refractivity contribution in [2.45, 2.75) is 69.9 Å². The highest BCUT2D eigenvalue weighted by Crippen LogP contribution is 2.43. The molecule has 6 heteroatoms. The van der Waals surface area contributed by atoms with E-state index < -0.39 is 17.7 Å². The summed E-state index contributed by atoms with van der Waals surface area (Å²) < 4.78 is 5.61. The second kappa shape index (κ2) is 10.9. The predicted octanol–water partition coefficient (Wildman–Crippen LogP) is 5.87. The van der Waals surface area contributed by atoms with Crippen molar-refractivity contribution in [3.05, 3.63) is 71.8 Å². The maximum atomic E-state index is 13.9. The molecule has 2 heterocycles. The van der Waals surface area contributed by atoms with Crippen molar-refractivity contribution < 1.29 is 14.3 Å². The largest absolute Gasteiger partial charge is 0.444 e. The number of carbonyl (C=O) groups excluding carboxylic acids is 2. The first-order valence-electron chi connectivity index (χ1n) is 14.1. The zero-order chi connectivity index (χ0) is 26.8. The Morgan fingerprint density at radius 3 is 2.45 bits per heavy atom. The molecule has 2 saturated heterocycles. The molecule has 2 fully saturated rings. The monoisotopic (exact) mass is 515 g/mol. The van der Waals surface area contributed by atoms with Gasteiger partial charge in [0.05, 0.1) is 0 Å². The summed E-state index contributed by atoms with van der Waals surface area (Å²) in [5.41, 5.74) is 3.33. The van der Waals surface area contributed by atoms with Gasteiger partial charge in [0.15, 0.2) is 0 Å². The maximum Gasteiger partial charge on any atom is 0.410 e. The van der Waals surface area contributed by atoms with Crippen LogP contribution in [0.25, 0.3) is 6.08 Å². The number of anilines is 1. The number of fused-ring (bicyclic) bond motifs is 2. The van der Waals surface area contributed by atoms with E-state index in [1.807, 2.05) is 56.0 Å². The first kappa shape index (κ1) is 26.5. The Morgan fingerprint density at radius 1 is 1.00 bits per heavy atom. The van der Waals surface area contributed by atoms with Crippen LogP contribution in [0.1, 0.15) is 64.0 Å². The average Bonchev–Trinajstić information content (AvgIpc) is 3.53. The molecule has 202 valence electrons. The van der Waals surface area contributed by atoms with Crippen LogP contribution < -0.4 is 4.90 Å². The molecule has 5 rings (SSSR count). The van der Waals surface area contributed by atoms with Gasteiger partial charge in [0, 0.05) is 24.2 Å². The van der Waals surface area contributed by atoms with Crippen LogP contribution in [0.3, 0.4) is 0 Å². The van der Waals surface area contributed by atoms with Gasteiger partial charge in [0.1, 0.15) is 11.6 Å². The van der Waals surface area contributed by atoms with Crippen molar-refractivity contribution in [1.82, 2.24) is 9.80 Å². The van der Waals surface area contributed by atoms with E-state index in [1.165, 1.54) is 11.1 Å². The molecule has 0 radical (unpaired) electrons. The molecule has 1 spiro atoms. The van der Waals surface area contributed by atoms with Crippen molar-refractivity contribution in [3.8, 4) is 0 Å². The molecule has 0 saturated carbocycles. The quantitative estimate of drug-likeness (QED) is 0.483. The number of likely N-dealkylation sites (tertiary alicyclic amines) is 2. The number of allylic oxidation sites excluding steroid dienone is 1. The Hall–Kier alpha value is -3.12. The van der Waals surface area contributed by atoms with Crippen LogP contribution in [-0.2, 0) is 14.9 Å². The van der Waals surface area contributed by atoms with Crippen LogP contribution in [0, 0.1) is 0 Å². The number of benzene rings is 2. The summed E-state index contributed by atoms with van der Waals surface area (Å²) in [6.45, 7) is 9.85. The summed E-state index contributed by atoms with van der Waals surface area (Å²) in [7, 11) is 0. The van der Waals surface area contributed by atoms with Crippen LogP contribution in [0.4, 0.5) is 10.5 Å². The van der Waals surface area contributed by atoms with Gasteiger partial charge in [-0.1, -0.05) is 54.6 Å². The normalized spacial score (nSPS) is 20.5. The fourth-order valence-electron chi connectivity index (χ4n) is 6.22. The summed E-state index contributed by atoms with van der Waals surface area (Å²) in [6, 6.07) is 18.2. The fourth-order valence-corrected chi connectivity index (χ4v) is 6.22. The standard InChI is InChI=1S/C32H41N3O3/c1-31(2,3)38-30(37)35-21-9-15-28(35)29(36)34(26-12-5-4-6-13-26)22-10-20-33-23-18-32(19-24-33)17-16-25-11-7-8-14-27(25)32/h4-8,11-14,16-17,28H,9-10,15,18-24H2,1-3H3/t28-/m0/s1. The van der Waals surface area contributed by atoms with E-state index in [4.69, 9.17) is 4.74 Å². The molecule has 2 aromatic carbocycles. The van der Waals surface area contributed by atoms with Crippen LogP contribution in [0.2, 0.25) is 0 Å². The minimum Gasteiger partial charge on any atom is -0.444 e. The molecule has 3 aliphatic rings. The highest BCUT2D eigenvalue weighted by Gasteiger charge is 2.40. The lowest BCUT2D eigenvalue weighted by molar-refractivity contribution is -0.122. The van der Waals surface area contributed by atoms with Gasteiger partial charge >= 0.3 is 6.09 Å². The highest BCUT2D eigenvalue weighted by atomic mass is 16.6. The van der Waals surface area contributed by atoms with Crippen molar-refractivity contribution in [3.63, 3.8) is 0 Å². The Labute approximate surface area is 227 Å². The molecule has 0 N–H and O–H groups in total. The van der Waals surface area contributed by atoms with E-state index in [1.54, 1.807) is 4.90 Å². The number of piperidine rings is 1. The fraction of sp³-hybridized carbons (Fsp3) is 0.500.